The largest absolute Gasteiger partial charge is 0.372 e. The van der Waals surface area contributed by atoms with Crippen LogP contribution in [0.4, 0.5) is 5.69 Å². The number of hydrogen-bond donors (Lipinski definition) is 1. The van der Waals surface area contributed by atoms with Crippen LogP contribution >= 0.6 is 0 Å². The van der Waals surface area contributed by atoms with Crippen molar-refractivity contribution in [2.75, 3.05) is 24.5 Å². The molecule has 2 atom stereocenters. The Bertz CT molecular complexity index is 395. The van der Waals surface area contributed by atoms with Gasteiger partial charge in [-0.05, 0) is 57.0 Å². The predicted octanol–water partition coefficient (Wildman–Crippen LogP) is 2.11. The lowest BCUT2D eigenvalue weighted by Gasteiger charge is -2.37. The zero-order chi connectivity index (χ0) is 13.1. The minimum Gasteiger partial charge on any atom is -0.372 e. The van der Waals surface area contributed by atoms with E-state index in [1.807, 2.05) is 0 Å². The first-order chi connectivity index (χ1) is 8.60. The summed E-state index contributed by atoms with van der Waals surface area (Å²) in [5.74, 6) is 0. The number of benzene rings is 1. The fourth-order valence-corrected chi connectivity index (χ4v) is 2.70. The van der Waals surface area contributed by atoms with E-state index in [2.05, 4.69) is 43.9 Å². The summed E-state index contributed by atoms with van der Waals surface area (Å²) in [6.07, 6.45) is 1.57. The second-order valence-electron chi connectivity index (χ2n) is 5.31. The van der Waals surface area contributed by atoms with Crippen LogP contribution in [0, 0.1) is 6.92 Å². The lowest BCUT2D eigenvalue weighted by Crippen LogP contribution is -2.45. The van der Waals surface area contributed by atoms with Gasteiger partial charge in [0.25, 0.3) is 0 Å². The zero-order valence-corrected chi connectivity index (χ0v) is 11.6. The molecular formula is C15H24N2O. The van der Waals surface area contributed by atoms with Crippen LogP contribution in [-0.2, 0) is 11.2 Å². The maximum absolute atomic E-state index is 5.77. The molecule has 0 saturated carbocycles. The molecule has 0 amide bonds. The van der Waals surface area contributed by atoms with Gasteiger partial charge in [0.05, 0.1) is 12.2 Å². The molecule has 3 nitrogen and oxygen atoms in total. The van der Waals surface area contributed by atoms with Crippen molar-refractivity contribution in [3.63, 3.8) is 0 Å². The molecule has 0 radical (unpaired) electrons. The Hall–Kier alpha value is -1.06. The number of aryl methyl sites for hydroxylation is 1. The summed E-state index contributed by atoms with van der Waals surface area (Å²) in [6, 6.07) is 6.70. The molecular weight excluding hydrogens is 224 g/mol. The summed E-state index contributed by atoms with van der Waals surface area (Å²) in [5.41, 5.74) is 9.62. The first kappa shape index (κ1) is 13.4. The molecule has 0 spiro atoms. The quantitative estimate of drug-likeness (QED) is 0.890. The molecule has 1 aliphatic rings. The standard InChI is InChI=1S/C15H24N2O/c1-11-8-15(5-4-14(11)6-7-16)17-9-12(2)18-13(3)10-17/h4-5,8,12-13H,6-7,9-10,16H2,1-3H3/t12-,13+. The first-order valence-electron chi connectivity index (χ1n) is 6.80. The van der Waals surface area contributed by atoms with Crippen LogP contribution in [-0.4, -0.2) is 31.8 Å². The van der Waals surface area contributed by atoms with Gasteiger partial charge in [-0.3, -0.25) is 0 Å². The highest BCUT2D eigenvalue weighted by molar-refractivity contribution is 5.51. The number of ether oxygens (including phenoxy) is 1. The van der Waals surface area contributed by atoms with Gasteiger partial charge in [-0.1, -0.05) is 6.07 Å². The predicted molar refractivity (Wildman–Crippen MR) is 76.2 cm³/mol. The van der Waals surface area contributed by atoms with Crippen LogP contribution in [0.15, 0.2) is 18.2 Å². The summed E-state index contributed by atoms with van der Waals surface area (Å²) >= 11 is 0. The van der Waals surface area contributed by atoms with Crippen molar-refractivity contribution in [2.45, 2.75) is 39.4 Å². The third-order valence-corrected chi connectivity index (χ3v) is 3.52. The lowest BCUT2D eigenvalue weighted by molar-refractivity contribution is -0.00522. The van der Waals surface area contributed by atoms with Gasteiger partial charge in [0.1, 0.15) is 0 Å². The van der Waals surface area contributed by atoms with Crippen LogP contribution in [0.2, 0.25) is 0 Å². The van der Waals surface area contributed by atoms with Gasteiger partial charge in [0.15, 0.2) is 0 Å². The van der Waals surface area contributed by atoms with Gasteiger partial charge in [0.2, 0.25) is 0 Å². The number of rotatable bonds is 3. The number of anilines is 1. The Morgan fingerprint density at radius 2 is 1.94 bits per heavy atom. The summed E-state index contributed by atoms with van der Waals surface area (Å²) in [7, 11) is 0. The fourth-order valence-electron chi connectivity index (χ4n) is 2.70. The van der Waals surface area contributed by atoms with E-state index >= 15 is 0 Å². The highest BCUT2D eigenvalue weighted by atomic mass is 16.5. The number of nitrogens with zero attached hydrogens (tertiary/aromatic N) is 1. The number of morpholine rings is 1. The lowest BCUT2D eigenvalue weighted by atomic mass is 10.0. The minimum atomic E-state index is 0.303. The summed E-state index contributed by atoms with van der Waals surface area (Å²) < 4.78 is 5.77. The first-order valence-corrected chi connectivity index (χ1v) is 6.80. The Balaban J connectivity index is 2.15. The average Bonchev–Trinajstić information content (AvgIpc) is 2.30. The summed E-state index contributed by atoms with van der Waals surface area (Å²) in [4.78, 5) is 2.41. The molecule has 1 fully saturated rings. The van der Waals surface area contributed by atoms with Gasteiger partial charge in [-0.25, -0.2) is 0 Å². The Morgan fingerprint density at radius 1 is 1.28 bits per heavy atom. The molecule has 3 heteroatoms. The molecule has 100 valence electrons. The van der Waals surface area contributed by atoms with E-state index in [1.54, 1.807) is 0 Å². The fraction of sp³-hybridized carbons (Fsp3) is 0.600. The molecule has 1 aromatic carbocycles. The molecule has 2 rings (SSSR count). The smallest absolute Gasteiger partial charge is 0.0726 e. The van der Waals surface area contributed by atoms with E-state index in [0.717, 1.165) is 19.5 Å². The monoisotopic (exact) mass is 248 g/mol. The van der Waals surface area contributed by atoms with E-state index in [0.29, 0.717) is 18.8 Å². The summed E-state index contributed by atoms with van der Waals surface area (Å²) in [6.45, 7) is 9.10. The third kappa shape index (κ3) is 3.03. The van der Waals surface area contributed by atoms with E-state index in [4.69, 9.17) is 10.5 Å². The van der Waals surface area contributed by atoms with Crippen molar-refractivity contribution in [3.05, 3.63) is 29.3 Å². The Morgan fingerprint density at radius 3 is 2.50 bits per heavy atom. The van der Waals surface area contributed by atoms with Gasteiger partial charge >= 0.3 is 0 Å². The zero-order valence-electron chi connectivity index (χ0n) is 11.6. The van der Waals surface area contributed by atoms with Crippen LogP contribution in [0.3, 0.4) is 0 Å². The van der Waals surface area contributed by atoms with E-state index in [9.17, 15) is 0 Å². The van der Waals surface area contributed by atoms with Crippen LogP contribution in [0.25, 0.3) is 0 Å². The van der Waals surface area contributed by atoms with Gasteiger partial charge in [0, 0.05) is 18.8 Å². The highest BCUT2D eigenvalue weighted by Gasteiger charge is 2.22. The molecule has 2 N–H and O–H groups in total. The second kappa shape index (κ2) is 5.72. The van der Waals surface area contributed by atoms with Gasteiger partial charge in [-0.15, -0.1) is 0 Å². The molecule has 1 saturated heterocycles. The normalized spacial score (nSPS) is 24.3. The van der Waals surface area contributed by atoms with Crippen molar-refractivity contribution >= 4 is 5.69 Å². The van der Waals surface area contributed by atoms with Gasteiger partial charge in [-0.2, -0.15) is 0 Å². The second-order valence-corrected chi connectivity index (χ2v) is 5.31. The summed E-state index contributed by atoms with van der Waals surface area (Å²) in [5, 5.41) is 0. The molecule has 0 aliphatic carbocycles. The molecule has 1 heterocycles. The molecule has 1 aromatic rings. The van der Waals surface area contributed by atoms with Crippen molar-refractivity contribution in [1.29, 1.82) is 0 Å². The van der Waals surface area contributed by atoms with Crippen LogP contribution in [0.1, 0.15) is 25.0 Å². The van der Waals surface area contributed by atoms with Crippen molar-refractivity contribution < 1.29 is 4.74 Å². The maximum Gasteiger partial charge on any atom is 0.0726 e. The molecule has 18 heavy (non-hydrogen) atoms. The van der Waals surface area contributed by atoms with E-state index in [-0.39, 0.29) is 0 Å². The Kier molecular flexibility index (Phi) is 4.25. The van der Waals surface area contributed by atoms with Crippen LogP contribution < -0.4 is 10.6 Å². The molecule has 0 aromatic heterocycles. The minimum absolute atomic E-state index is 0.303. The molecule has 0 unspecified atom stereocenters. The topological polar surface area (TPSA) is 38.5 Å². The number of nitrogens with two attached hydrogens (primary N) is 1. The van der Waals surface area contributed by atoms with Crippen LogP contribution in [0.5, 0.6) is 0 Å². The molecule has 0 bridgehead atoms. The van der Waals surface area contributed by atoms with Crippen molar-refractivity contribution in [3.8, 4) is 0 Å². The third-order valence-electron chi connectivity index (χ3n) is 3.52. The molecule has 1 aliphatic heterocycles. The SMILES string of the molecule is Cc1cc(N2C[C@@H](C)O[C@@H](C)C2)ccc1CCN. The highest BCUT2D eigenvalue weighted by Crippen LogP contribution is 2.23. The Labute approximate surface area is 110 Å². The number of hydrogen-bond acceptors (Lipinski definition) is 3. The van der Waals surface area contributed by atoms with Crippen molar-refractivity contribution in [1.82, 2.24) is 0 Å². The maximum atomic E-state index is 5.77. The van der Waals surface area contributed by atoms with E-state index < -0.39 is 0 Å². The average molecular weight is 248 g/mol. The van der Waals surface area contributed by atoms with Crippen molar-refractivity contribution in [2.24, 2.45) is 5.73 Å². The van der Waals surface area contributed by atoms with Gasteiger partial charge < -0.3 is 15.4 Å². The van der Waals surface area contributed by atoms with E-state index in [1.165, 1.54) is 16.8 Å².